The van der Waals surface area contributed by atoms with Gasteiger partial charge in [0.05, 0.1) is 12.3 Å². The van der Waals surface area contributed by atoms with Crippen LogP contribution in [0.2, 0.25) is 0 Å². The van der Waals surface area contributed by atoms with E-state index in [0.717, 1.165) is 25.2 Å². The number of aryl methyl sites for hydroxylation is 1. The summed E-state index contributed by atoms with van der Waals surface area (Å²) >= 11 is 0. The Morgan fingerprint density at radius 1 is 1.44 bits per heavy atom. The molecule has 0 radical (unpaired) electrons. The summed E-state index contributed by atoms with van der Waals surface area (Å²) in [4.78, 5) is 5.43. The predicted molar refractivity (Wildman–Crippen MR) is 64.5 cm³/mol. The highest BCUT2D eigenvalue weighted by molar-refractivity contribution is 6.02. The second-order valence-corrected chi connectivity index (χ2v) is 4.22. The van der Waals surface area contributed by atoms with E-state index in [2.05, 4.69) is 48.6 Å². The Morgan fingerprint density at radius 2 is 2.25 bits per heavy atom. The first kappa shape index (κ1) is 11.1. The van der Waals surface area contributed by atoms with Gasteiger partial charge in [0.2, 0.25) is 0 Å². The van der Waals surface area contributed by atoms with E-state index in [9.17, 15) is 0 Å². The highest BCUT2D eigenvalue weighted by Gasteiger charge is 2.23. The standard InChI is InChI=1S/C13H18N2O/c1-3-14-9-11-8-13(15-16-11)12-7-5-4-6-10(12)2/h4-7,11,14H,3,8-9H2,1-2H3/p+1/t11-/m1/s1. The van der Waals surface area contributed by atoms with Crippen molar-refractivity contribution in [3.8, 4) is 0 Å². The van der Waals surface area contributed by atoms with Crippen LogP contribution in [-0.4, -0.2) is 24.9 Å². The van der Waals surface area contributed by atoms with Crippen molar-refractivity contribution >= 4 is 5.71 Å². The molecule has 1 aromatic carbocycles. The molecular formula is C13H19N2O+. The molecule has 0 saturated carbocycles. The molecule has 86 valence electrons. The zero-order chi connectivity index (χ0) is 11.4. The fourth-order valence-corrected chi connectivity index (χ4v) is 1.96. The lowest BCUT2D eigenvalue weighted by molar-refractivity contribution is -0.657. The van der Waals surface area contributed by atoms with Crippen LogP contribution >= 0.6 is 0 Å². The van der Waals surface area contributed by atoms with Crippen molar-refractivity contribution in [2.75, 3.05) is 13.1 Å². The number of oxime groups is 1. The number of likely N-dealkylation sites (N-methyl/N-ethyl adjacent to an activating group) is 1. The van der Waals surface area contributed by atoms with Crippen molar-refractivity contribution in [3.63, 3.8) is 0 Å². The van der Waals surface area contributed by atoms with Gasteiger partial charge in [0.1, 0.15) is 6.54 Å². The maximum absolute atomic E-state index is 5.43. The minimum atomic E-state index is 0.245. The molecule has 1 atom stereocenters. The largest absolute Gasteiger partial charge is 0.386 e. The number of nitrogens with zero attached hydrogens (tertiary/aromatic N) is 1. The van der Waals surface area contributed by atoms with Crippen LogP contribution in [0.3, 0.4) is 0 Å². The molecule has 2 rings (SSSR count). The number of rotatable bonds is 4. The van der Waals surface area contributed by atoms with Crippen LogP contribution in [0.4, 0.5) is 0 Å². The van der Waals surface area contributed by atoms with Crippen LogP contribution in [0.25, 0.3) is 0 Å². The Kier molecular flexibility index (Phi) is 3.57. The Bertz CT molecular complexity index is 387. The van der Waals surface area contributed by atoms with Gasteiger partial charge in [0.15, 0.2) is 6.10 Å². The van der Waals surface area contributed by atoms with Gasteiger partial charge in [-0.25, -0.2) is 0 Å². The third kappa shape index (κ3) is 2.42. The molecule has 0 spiro atoms. The summed E-state index contributed by atoms with van der Waals surface area (Å²) < 4.78 is 0. The van der Waals surface area contributed by atoms with Gasteiger partial charge in [0, 0.05) is 12.0 Å². The third-order valence-electron chi connectivity index (χ3n) is 2.91. The molecule has 1 heterocycles. The quantitative estimate of drug-likeness (QED) is 0.808. The SMILES string of the molecule is CC[NH2+]C[C@H]1CC(c2ccccc2C)=NO1. The molecule has 16 heavy (non-hydrogen) atoms. The van der Waals surface area contributed by atoms with Crippen molar-refractivity contribution in [2.45, 2.75) is 26.4 Å². The molecule has 1 aliphatic rings. The van der Waals surface area contributed by atoms with Crippen LogP contribution in [0.15, 0.2) is 29.4 Å². The highest BCUT2D eigenvalue weighted by atomic mass is 16.6. The van der Waals surface area contributed by atoms with Gasteiger partial charge >= 0.3 is 0 Å². The van der Waals surface area contributed by atoms with Gasteiger partial charge < -0.3 is 10.2 Å². The average Bonchev–Trinajstić information content (AvgIpc) is 2.75. The van der Waals surface area contributed by atoms with E-state index >= 15 is 0 Å². The van der Waals surface area contributed by atoms with E-state index in [1.54, 1.807) is 0 Å². The molecule has 2 N–H and O–H groups in total. The van der Waals surface area contributed by atoms with Gasteiger partial charge in [-0.1, -0.05) is 29.4 Å². The zero-order valence-electron chi connectivity index (χ0n) is 9.94. The molecule has 1 aliphatic heterocycles. The summed E-state index contributed by atoms with van der Waals surface area (Å²) in [5, 5.41) is 6.45. The van der Waals surface area contributed by atoms with Crippen molar-refractivity contribution < 1.29 is 10.2 Å². The highest BCUT2D eigenvalue weighted by Crippen LogP contribution is 2.18. The molecule has 0 aromatic heterocycles. The second-order valence-electron chi connectivity index (χ2n) is 4.22. The lowest BCUT2D eigenvalue weighted by Gasteiger charge is -2.05. The molecule has 0 amide bonds. The molecule has 0 aliphatic carbocycles. The van der Waals surface area contributed by atoms with E-state index in [4.69, 9.17) is 4.84 Å². The Balaban J connectivity index is 2.01. The number of nitrogens with two attached hydrogens (primary N) is 1. The predicted octanol–water partition coefficient (Wildman–Crippen LogP) is 1.07. The molecule has 3 nitrogen and oxygen atoms in total. The van der Waals surface area contributed by atoms with Crippen LogP contribution in [0, 0.1) is 6.92 Å². The summed E-state index contributed by atoms with van der Waals surface area (Å²) in [7, 11) is 0. The van der Waals surface area contributed by atoms with Crippen LogP contribution in [0.1, 0.15) is 24.5 Å². The first-order valence-corrected chi connectivity index (χ1v) is 5.91. The van der Waals surface area contributed by atoms with Gasteiger partial charge in [-0.15, -0.1) is 0 Å². The van der Waals surface area contributed by atoms with Gasteiger partial charge in [-0.2, -0.15) is 0 Å². The van der Waals surface area contributed by atoms with E-state index in [1.807, 2.05) is 0 Å². The van der Waals surface area contributed by atoms with Crippen LogP contribution < -0.4 is 5.32 Å². The molecule has 1 aromatic rings. The molecular weight excluding hydrogens is 200 g/mol. The van der Waals surface area contributed by atoms with E-state index in [0.29, 0.717) is 0 Å². The maximum atomic E-state index is 5.43. The summed E-state index contributed by atoms with van der Waals surface area (Å²) in [5.74, 6) is 0. The molecule has 0 saturated heterocycles. The van der Waals surface area contributed by atoms with Crippen LogP contribution in [-0.2, 0) is 4.84 Å². The van der Waals surface area contributed by atoms with Gasteiger partial charge in [-0.3, -0.25) is 0 Å². The van der Waals surface area contributed by atoms with E-state index in [1.165, 1.54) is 11.1 Å². The maximum Gasteiger partial charge on any atom is 0.181 e. The average molecular weight is 219 g/mol. The van der Waals surface area contributed by atoms with E-state index < -0.39 is 0 Å². The lowest BCUT2D eigenvalue weighted by Crippen LogP contribution is -2.85. The molecule has 3 heteroatoms. The summed E-state index contributed by atoms with van der Waals surface area (Å²) in [5.41, 5.74) is 3.58. The smallest absolute Gasteiger partial charge is 0.181 e. The minimum absolute atomic E-state index is 0.245. The molecule has 0 bridgehead atoms. The third-order valence-corrected chi connectivity index (χ3v) is 2.91. The van der Waals surface area contributed by atoms with Crippen molar-refractivity contribution in [3.05, 3.63) is 35.4 Å². The lowest BCUT2D eigenvalue weighted by atomic mass is 10.0. The Labute approximate surface area is 96.5 Å². The van der Waals surface area contributed by atoms with Gasteiger partial charge in [0.25, 0.3) is 0 Å². The van der Waals surface area contributed by atoms with Crippen molar-refractivity contribution in [1.82, 2.24) is 0 Å². The fraction of sp³-hybridized carbons (Fsp3) is 0.462. The second kappa shape index (κ2) is 5.12. The fourth-order valence-electron chi connectivity index (χ4n) is 1.96. The first-order valence-electron chi connectivity index (χ1n) is 5.91. The van der Waals surface area contributed by atoms with E-state index in [-0.39, 0.29) is 6.10 Å². The first-order chi connectivity index (χ1) is 7.81. The monoisotopic (exact) mass is 219 g/mol. The number of hydrogen-bond acceptors (Lipinski definition) is 2. The number of benzene rings is 1. The van der Waals surface area contributed by atoms with Crippen molar-refractivity contribution in [2.24, 2.45) is 5.16 Å². The normalized spacial score (nSPS) is 19.4. The molecule has 0 fully saturated rings. The Hall–Kier alpha value is -1.35. The summed E-state index contributed by atoms with van der Waals surface area (Å²) in [6, 6.07) is 8.33. The van der Waals surface area contributed by atoms with Crippen molar-refractivity contribution in [1.29, 1.82) is 0 Å². The molecule has 0 unspecified atom stereocenters. The summed E-state index contributed by atoms with van der Waals surface area (Å²) in [6.07, 6.45) is 1.18. The number of quaternary nitrogens is 1. The topological polar surface area (TPSA) is 38.2 Å². The zero-order valence-corrected chi connectivity index (χ0v) is 9.94. The van der Waals surface area contributed by atoms with Gasteiger partial charge in [-0.05, 0) is 19.4 Å². The van der Waals surface area contributed by atoms with Crippen LogP contribution in [0.5, 0.6) is 0 Å². The Morgan fingerprint density at radius 3 is 3.00 bits per heavy atom. The minimum Gasteiger partial charge on any atom is -0.386 e. The summed E-state index contributed by atoms with van der Waals surface area (Å²) in [6.45, 7) is 6.36. The number of hydrogen-bond donors (Lipinski definition) is 1.